The van der Waals surface area contributed by atoms with Crippen LogP contribution < -0.4 is 0 Å². The van der Waals surface area contributed by atoms with E-state index in [0.29, 0.717) is 5.82 Å². The summed E-state index contributed by atoms with van der Waals surface area (Å²) in [6.45, 7) is 0. The molecule has 0 radical (unpaired) electrons. The van der Waals surface area contributed by atoms with Crippen LogP contribution >= 0.6 is 0 Å². The molecule has 0 fully saturated rings. The van der Waals surface area contributed by atoms with Gasteiger partial charge in [0.2, 0.25) is 0 Å². The molecule has 4 aromatic heterocycles. The highest BCUT2D eigenvalue weighted by molar-refractivity contribution is 6.09. The molecule has 290 valence electrons. The van der Waals surface area contributed by atoms with Crippen LogP contribution in [0.2, 0.25) is 0 Å². The minimum absolute atomic E-state index is 0.669. The van der Waals surface area contributed by atoms with Crippen LogP contribution in [0.25, 0.3) is 117 Å². The summed E-state index contributed by atoms with van der Waals surface area (Å²) in [6.07, 6.45) is 0. The van der Waals surface area contributed by atoms with E-state index < -0.39 is 0 Å². The van der Waals surface area contributed by atoms with Gasteiger partial charge >= 0.3 is 0 Å². The Hall–Kier alpha value is -8.41. The minimum Gasteiger partial charge on any atom is -0.456 e. The summed E-state index contributed by atoms with van der Waals surface area (Å²) in [7, 11) is 0. The van der Waals surface area contributed by atoms with Crippen molar-refractivity contribution in [2.75, 3.05) is 0 Å². The average Bonchev–Trinajstić information content (AvgIpc) is 3.94. The second kappa shape index (κ2) is 14.7. The van der Waals surface area contributed by atoms with E-state index in [9.17, 15) is 0 Å². The van der Waals surface area contributed by atoms with E-state index in [1.807, 2.05) is 30.3 Å². The number of furan rings is 1. The summed E-state index contributed by atoms with van der Waals surface area (Å²) in [5, 5.41) is 9.98. The molecule has 5 heteroatoms. The molecular weight excluding hydrogens is 757 g/mol. The summed E-state index contributed by atoms with van der Waals surface area (Å²) in [5.41, 5.74) is 15.9. The first-order valence-electron chi connectivity index (χ1n) is 20.8. The van der Waals surface area contributed by atoms with Gasteiger partial charge in [-0.2, -0.15) is 5.10 Å². The van der Waals surface area contributed by atoms with E-state index in [1.54, 1.807) is 0 Å². The number of benzene rings is 8. The predicted octanol–water partition coefficient (Wildman–Crippen LogP) is 14.8. The first-order valence-corrected chi connectivity index (χ1v) is 20.8. The molecular formula is C57H36N4O. The van der Waals surface area contributed by atoms with E-state index in [2.05, 4.69) is 193 Å². The zero-order valence-corrected chi connectivity index (χ0v) is 33.5. The molecule has 0 saturated heterocycles. The molecule has 62 heavy (non-hydrogen) atoms. The Kier molecular flexibility index (Phi) is 8.42. The number of hydrogen-bond acceptors (Lipinski definition) is 4. The third-order valence-electron chi connectivity index (χ3n) is 11.8. The predicted molar refractivity (Wildman–Crippen MR) is 254 cm³/mol. The summed E-state index contributed by atoms with van der Waals surface area (Å²) < 4.78 is 8.36. The highest BCUT2D eigenvalue weighted by atomic mass is 16.3. The minimum atomic E-state index is 0.669. The monoisotopic (exact) mass is 792 g/mol. The molecule has 8 aromatic carbocycles. The average molecular weight is 793 g/mol. The fourth-order valence-corrected chi connectivity index (χ4v) is 8.81. The standard InChI is InChI=1S/C57H36N4O/c1-4-15-39(16-5-1)51-34-43-21-10-11-24-46(43)56-54(55(60-61(51)56)40-17-6-2-7-18-40)45-23-14-22-44(33-45)50-36-49(58-57(59-50)41-19-8-3-9-20-41)38-29-27-37(28-30-38)42-31-32-48-47-25-12-13-26-52(47)62-53(48)35-42/h1-36H. The van der Waals surface area contributed by atoms with E-state index in [4.69, 9.17) is 19.5 Å². The molecule has 4 heterocycles. The summed E-state index contributed by atoms with van der Waals surface area (Å²) in [6, 6.07) is 76.2. The molecule has 0 amide bonds. The third-order valence-corrected chi connectivity index (χ3v) is 11.8. The van der Waals surface area contributed by atoms with E-state index >= 15 is 0 Å². The first kappa shape index (κ1) is 35.5. The van der Waals surface area contributed by atoms with Crippen molar-refractivity contribution in [3.63, 3.8) is 0 Å². The molecule has 0 aliphatic carbocycles. The van der Waals surface area contributed by atoms with Gasteiger partial charge in [0, 0.05) is 49.5 Å². The smallest absolute Gasteiger partial charge is 0.160 e. The number of para-hydroxylation sites is 1. The van der Waals surface area contributed by atoms with Crippen molar-refractivity contribution >= 4 is 38.2 Å². The maximum absolute atomic E-state index is 6.22. The highest BCUT2D eigenvalue weighted by Crippen LogP contribution is 2.42. The Bertz CT molecular complexity index is 3610. The van der Waals surface area contributed by atoms with Crippen molar-refractivity contribution in [3.8, 4) is 78.7 Å². The number of hydrogen-bond donors (Lipinski definition) is 0. The zero-order chi connectivity index (χ0) is 41.0. The van der Waals surface area contributed by atoms with Crippen molar-refractivity contribution in [2.24, 2.45) is 0 Å². The van der Waals surface area contributed by atoms with Crippen molar-refractivity contribution < 1.29 is 4.42 Å². The van der Waals surface area contributed by atoms with Gasteiger partial charge in [-0.3, -0.25) is 0 Å². The lowest BCUT2D eigenvalue weighted by atomic mass is 9.95. The van der Waals surface area contributed by atoms with Gasteiger partial charge in [-0.05, 0) is 58.5 Å². The van der Waals surface area contributed by atoms with Gasteiger partial charge in [0.05, 0.1) is 22.6 Å². The van der Waals surface area contributed by atoms with Crippen LogP contribution in [0, 0.1) is 0 Å². The Morgan fingerprint density at radius 1 is 0.355 bits per heavy atom. The molecule has 12 aromatic rings. The van der Waals surface area contributed by atoms with Crippen molar-refractivity contribution in [3.05, 3.63) is 218 Å². The lowest BCUT2D eigenvalue weighted by Gasteiger charge is -2.12. The van der Waals surface area contributed by atoms with Gasteiger partial charge in [-0.25, -0.2) is 14.5 Å². The molecule has 0 aliphatic heterocycles. The molecule has 0 N–H and O–H groups in total. The molecule has 0 unspecified atom stereocenters. The van der Waals surface area contributed by atoms with Gasteiger partial charge in [0.25, 0.3) is 0 Å². The van der Waals surface area contributed by atoms with Crippen molar-refractivity contribution in [2.45, 2.75) is 0 Å². The summed E-state index contributed by atoms with van der Waals surface area (Å²) >= 11 is 0. The van der Waals surface area contributed by atoms with Crippen LogP contribution in [0.1, 0.15) is 0 Å². The lowest BCUT2D eigenvalue weighted by Crippen LogP contribution is -1.96. The molecule has 0 spiro atoms. The van der Waals surface area contributed by atoms with Gasteiger partial charge in [-0.1, -0.05) is 182 Å². The molecule has 0 atom stereocenters. The Morgan fingerprint density at radius 3 is 1.71 bits per heavy atom. The number of aromatic nitrogens is 4. The quantitative estimate of drug-likeness (QED) is 0.161. The number of fused-ring (bicyclic) bond motifs is 6. The molecule has 12 rings (SSSR count). The Morgan fingerprint density at radius 2 is 0.935 bits per heavy atom. The van der Waals surface area contributed by atoms with E-state index in [-0.39, 0.29) is 0 Å². The van der Waals surface area contributed by atoms with Crippen LogP contribution in [-0.2, 0) is 0 Å². The lowest BCUT2D eigenvalue weighted by molar-refractivity contribution is 0.669. The number of rotatable bonds is 7. The van der Waals surface area contributed by atoms with Gasteiger partial charge < -0.3 is 4.42 Å². The van der Waals surface area contributed by atoms with Gasteiger partial charge in [-0.15, -0.1) is 0 Å². The molecule has 5 nitrogen and oxygen atoms in total. The van der Waals surface area contributed by atoms with E-state index in [1.165, 1.54) is 0 Å². The molecule has 0 saturated carbocycles. The maximum atomic E-state index is 6.22. The van der Waals surface area contributed by atoms with Crippen LogP contribution in [-0.4, -0.2) is 19.6 Å². The maximum Gasteiger partial charge on any atom is 0.160 e. The van der Waals surface area contributed by atoms with E-state index in [0.717, 1.165) is 111 Å². The Balaban J connectivity index is 1.01. The van der Waals surface area contributed by atoms with Crippen LogP contribution in [0.4, 0.5) is 0 Å². The topological polar surface area (TPSA) is 56.2 Å². The summed E-state index contributed by atoms with van der Waals surface area (Å²) in [5.74, 6) is 0.669. The Labute approximate surface area is 357 Å². The normalized spacial score (nSPS) is 11.5. The summed E-state index contributed by atoms with van der Waals surface area (Å²) in [4.78, 5) is 10.4. The molecule has 0 bridgehead atoms. The fraction of sp³-hybridized carbons (Fsp3) is 0. The van der Waals surface area contributed by atoms with Crippen LogP contribution in [0.5, 0.6) is 0 Å². The fourth-order valence-electron chi connectivity index (χ4n) is 8.81. The largest absolute Gasteiger partial charge is 0.456 e. The molecule has 0 aliphatic rings. The SMILES string of the molecule is c1ccc(-c2nc(-c3ccc(-c4ccc5c(c4)oc4ccccc45)cc3)cc(-c3cccc(-c4c(-c5ccccc5)nn5c(-c6ccccc6)cc6ccccc6c45)c3)n2)cc1. The first-order chi connectivity index (χ1) is 30.7. The second-order valence-electron chi connectivity index (χ2n) is 15.6. The number of nitrogens with zero attached hydrogens (tertiary/aromatic N) is 4. The van der Waals surface area contributed by atoms with Crippen LogP contribution in [0.15, 0.2) is 223 Å². The third kappa shape index (κ3) is 6.14. The van der Waals surface area contributed by atoms with Crippen molar-refractivity contribution in [1.82, 2.24) is 19.6 Å². The van der Waals surface area contributed by atoms with Crippen LogP contribution in [0.3, 0.4) is 0 Å². The number of pyridine rings is 1. The van der Waals surface area contributed by atoms with Gasteiger partial charge in [0.1, 0.15) is 16.9 Å². The second-order valence-corrected chi connectivity index (χ2v) is 15.6. The van der Waals surface area contributed by atoms with Crippen molar-refractivity contribution in [1.29, 1.82) is 0 Å². The zero-order valence-electron chi connectivity index (χ0n) is 33.5. The van der Waals surface area contributed by atoms with Gasteiger partial charge in [0.15, 0.2) is 5.82 Å². The highest BCUT2D eigenvalue weighted by Gasteiger charge is 2.22.